The van der Waals surface area contributed by atoms with E-state index in [1.165, 1.54) is 0 Å². The lowest BCUT2D eigenvalue weighted by Gasteiger charge is -2.26. The number of hydrogen-bond donors (Lipinski definition) is 2. The van der Waals surface area contributed by atoms with Crippen LogP contribution in [0.25, 0.3) is 0 Å². The van der Waals surface area contributed by atoms with E-state index in [2.05, 4.69) is 10.2 Å². The number of ether oxygens (including phenoxy) is 1. The third kappa shape index (κ3) is 3.93. The van der Waals surface area contributed by atoms with Crippen molar-refractivity contribution in [3.8, 4) is 0 Å². The van der Waals surface area contributed by atoms with Crippen molar-refractivity contribution in [1.29, 1.82) is 0 Å². The van der Waals surface area contributed by atoms with Crippen LogP contribution in [0, 0.1) is 5.92 Å². The SMILES string of the molecule is NC1CCCC1C(=O)NCCCN1CCOCC1. The van der Waals surface area contributed by atoms with Gasteiger partial charge in [-0.3, -0.25) is 9.69 Å². The maximum absolute atomic E-state index is 11.9. The molecule has 1 saturated heterocycles. The molecular weight excluding hydrogens is 230 g/mol. The van der Waals surface area contributed by atoms with Gasteiger partial charge in [-0.15, -0.1) is 0 Å². The molecule has 2 rings (SSSR count). The Bertz CT molecular complexity index is 267. The minimum Gasteiger partial charge on any atom is -0.379 e. The predicted octanol–water partition coefficient (Wildman–Crippen LogP) is -0.0477. The molecule has 2 atom stereocenters. The second kappa shape index (κ2) is 7.07. The lowest BCUT2D eigenvalue weighted by molar-refractivity contribution is -0.125. The molecule has 2 aliphatic rings. The molecule has 0 radical (unpaired) electrons. The Morgan fingerprint density at radius 2 is 2.11 bits per heavy atom. The summed E-state index contributed by atoms with van der Waals surface area (Å²) in [5, 5.41) is 3.02. The van der Waals surface area contributed by atoms with Gasteiger partial charge in [-0.05, 0) is 25.8 Å². The van der Waals surface area contributed by atoms with E-state index in [1.54, 1.807) is 0 Å². The van der Waals surface area contributed by atoms with Gasteiger partial charge in [0, 0.05) is 25.7 Å². The molecule has 0 aromatic carbocycles. The number of carbonyl (C=O) groups excluding carboxylic acids is 1. The Morgan fingerprint density at radius 1 is 1.33 bits per heavy atom. The Balaban J connectivity index is 1.56. The fourth-order valence-corrected chi connectivity index (χ4v) is 2.78. The summed E-state index contributed by atoms with van der Waals surface area (Å²) in [7, 11) is 0. The minimum absolute atomic E-state index is 0.0494. The molecule has 3 N–H and O–H groups in total. The number of rotatable bonds is 5. The number of amides is 1. The average molecular weight is 255 g/mol. The van der Waals surface area contributed by atoms with Crippen molar-refractivity contribution in [3.63, 3.8) is 0 Å². The van der Waals surface area contributed by atoms with Crippen LogP contribution in [-0.2, 0) is 9.53 Å². The maximum atomic E-state index is 11.9. The third-order valence-electron chi connectivity index (χ3n) is 3.96. The molecule has 0 bridgehead atoms. The fourth-order valence-electron chi connectivity index (χ4n) is 2.78. The summed E-state index contributed by atoms with van der Waals surface area (Å²) in [4.78, 5) is 14.3. The monoisotopic (exact) mass is 255 g/mol. The Morgan fingerprint density at radius 3 is 2.78 bits per heavy atom. The van der Waals surface area contributed by atoms with Gasteiger partial charge in [-0.2, -0.15) is 0 Å². The molecule has 104 valence electrons. The number of nitrogens with two attached hydrogens (primary N) is 1. The fraction of sp³-hybridized carbons (Fsp3) is 0.923. The average Bonchev–Trinajstić information content (AvgIpc) is 2.82. The van der Waals surface area contributed by atoms with E-state index in [-0.39, 0.29) is 17.9 Å². The minimum atomic E-state index is 0.0494. The van der Waals surface area contributed by atoms with Gasteiger partial charge in [0.15, 0.2) is 0 Å². The van der Waals surface area contributed by atoms with Crippen molar-refractivity contribution in [2.75, 3.05) is 39.4 Å². The molecule has 5 heteroatoms. The van der Waals surface area contributed by atoms with Crippen molar-refractivity contribution < 1.29 is 9.53 Å². The lowest BCUT2D eigenvalue weighted by Crippen LogP contribution is -2.41. The van der Waals surface area contributed by atoms with Gasteiger partial charge < -0.3 is 15.8 Å². The first-order chi connectivity index (χ1) is 8.77. The molecule has 1 aliphatic carbocycles. The molecule has 1 aliphatic heterocycles. The molecule has 0 spiro atoms. The molecule has 0 aromatic heterocycles. The largest absolute Gasteiger partial charge is 0.379 e. The van der Waals surface area contributed by atoms with Crippen LogP contribution >= 0.6 is 0 Å². The highest BCUT2D eigenvalue weighted by Crippen LogP contribution is 2.23. The van der Waals surface area contributed by atoms with Crippen molar-refractivity contribution in [3.05, 3.63) is 0 Å². The van der Waals surface area contributed by atoms with E-state index in [4.69, 9.17) is 10.5 Å². The molecule has 2 fully saturated rings. The zero-order valence-corrected chi connectivity index (χ0v) is 11.1. The first kappa shape index (κ1) is 13.8. The summed E-state index contributed by atoms with van der Waals surface area (Å²) in [5.74, 6) is 0.204. The van der Waals surface area contributed by atoms with Gasteiger partial charge in [0.2, 0.25) is 5.91 Å². The number of morpholine rings is 1. The molecule has 18 heavy (non-hydrogen) atoms. The van der Waals surface area contributed by atoms with Crippen molar-refractivity contribution in [1.82, 2.24) is 10.2 Å². The van der Waals surface area contributed by atoms with Crippen LogP contribution in [0.5, 0.6) is 0 Å². The zero-order valence-electron chi connectivity index (χ0n) is 11.1. The molecular formula is C13H25N3O2. The smallest absolute Gasteiger partial charge is 0.224 e. The van der Waals surface area contributed by atoms with Gasteiger partial charge in [-0.25, -0.2) is 0 Å². The van der Waals surface area contributed by atoms with Crippen LogP contribution in [0.15, 0.2) is 0 Å². The van der Waals surface area contributed by atoms with Gasteiger partial charge in [0.05, 0.1) is 19.1 Å². The summed E-state index contributed by atoms with van der Waals surface area (Å²) in [6.45, 7) is 5.51. The van der Waals surface area contributed by atoms with E-state index >= 15 is 0 Å². The van der Waals surface area contributed by atoms with Crippen LogP contribution in [-0.4, -0.2) is 56.2 Å². The zero-order chi connectivity index (χ0) is 12.8. The highest BCUT2D eigenvalue weighted by Gasteiger charge is 2.29. The van der Waals surface area contributed by atoms with Crippen LogP contribution in [0.2, 0.25) is 0 Å². The first-order valence-electron chi connectivity index (χ1n) is 7.11. The molecule has 1 amide bonds. The third-order valence-corrected chi connectivity index (χ3v) is 3.96. The first-order valence-corrected chi connectivity index (χ1v) is 7.11. The molecule has 1 heterocycles. The lowest BCUT2D eigenvalue weighted by atomic mass is 10.0. The number of carbonyl (C=O) groups is 1. The van der Waals surface area contributed by atoms with Gasteiger partial charge in [0.25, 0.3) is 0 Å². The number of nitrogens with zero attached hydrogens (tertiary/aromatic N) is 1. The summed E-state index contributed by atoms with van der Waals surface area (Å²) < 4.78 is 5.30. The van der Waals surface area contributed by atoms with E-state index < -0.39 is 0 Å². The summed E-state index contributed by atoms with van der Waals surface area (Å²) in [6.07, 6.45) is 4.04. The summed E-state index contributed by atoms with van der Waals surface area (Å²) >= 11 is 0. The summed E-state index contributed by atoms with van der Waals surface area (Å²) in [5.41, 5.74) is 5.92. The van der Waals surface area contributed by atoms with Crippen LogP contribution < -0.4 is 11.1 Å². The topological polar surface area (TPSA) is 67.6 Å². The standard InChI is InChI=1S/C13H25N3O2/c14-12-4-1-3-11(12)13(17)15-5-2-6-16-7-9-18-10-8-16/h11-12H,1-10,14H2,(H,15,17). The maximum Gasteiger partial charge on any atom is 0.224 e. The highest BCUT2D eigenvalue weighted by atomic mass is 16.5. The van der Waals surface area contributed by atoms with E-state index in [0.717, 1.165) is 65.1 Å². The van der Waals surface area contributed by atoms with Crippen LogP contribution in [0.4, 0.5) is 0 Å². The van der Waals surface area contributed by atoms with Crippen LogP contribution in [0.3, 0.4) is 0 Å². The van der Waals surface area contributed by atoms with Gasteiger partial charge in [0.1, 0.15) is 0 Å². The quantitative estimate of drug-likeness (QED) is 0.676. The van der Waals surface area contributed by atoms with Crippen molar-refractivity contribution in [2.24, 2.45) is 11.7 Å². The Labute approximate surface area is 109 Å². The number of hydrogen-bond acceptors (Lipinski definition) is 4. The molecule has 5 nitrogen and oxygen atoms in total. The number of nitrogens with one attached hydrogen (secondary N) is 1. The predicted molar refractivity (Wildman–Crippen MR) is 70.2 cm³/mol. The molecule has 2 unspecified atom stereocenters. The Kier molecular flexibility index (Phi) is 5.41. The van der Waals surface area contributed by atoms with Crippen molar-refractivity contribution in [2.45, 2.75) is 31.7 Å². The molecule has 1 saturated carbocycles. The Hall–Kier alpha value is -0.650. The second-order valence-corrected chi connectivity index (χ2v) is 5.30. The van der Waals surface area contributed by atoms with E-state index in [0.29, 0.717) is 0 Å². The van der Waals surface area contributed by atoms with Crippen molar-refractivity contribution >= 4 is 5.91 Å². The molecule has 0 aromatic rings. The van der Waals surface area contributed by atoms with E-state index in [9.17, 15) is 4.79 Å². The summed E-state index contributed by atoms with van der Waals surface area (Å²) in [6, 6.07) is 0.0734. The van der Waals surface area contributed by atoms with Crippen LogP contribution in [0.1, 0.15) is 25.7 Å². The van der Waals surface area contributed by atoms with Gasteiger partial charge >= 0.3 is 0 Å². The highest BCUT2D eigenvalue weighted by molar-refractivity contribution is 5.79. The second-order valence-electron chi connectivity index (χ2n) is 5.30. The van der Waals surface area contributed by atoms with E-state index in [1.807, 2.05) is 0 Å². The van der Waals surface area contributed by atoms with Gasteiger partial charge in [-0.1, -0.05) is 6.42 Å². The normalized spacial score (nSPS) is 29.4.